The first-order chi connectivity index (χ1) is 12.2. The third-order valence-corrected chi connectivity index (χ3v) is 7.85. The predicted octanol–water partition coefficient (Wildman–Crippen LogP) is 6.01. The molecule has 2 saturated carbocycles. The molecule has 0 aliphatic heterocycles. The van der Waals surface area contributed by atoms with E-state index < -0.39 is 0 Å². The summed E-state index contributed by atoms with van der Waals surface area (Å²) in [6.07, 6.45) is 4.94. The maximum absolute atomic E-state index is 11.4. The zero-order valence-electron chi connectivity index (χ0n) is 17.8. The smallest absolute Gasteiger partial charge is 0.150 e. The first-order valence-corrected chi connectivity index (χ1v) is 10.4. The average molecular weight is 356 g/mol. The van der Waals surface area contributed by atoms with Crippen LogP contribution in [0.1, 0.15) is 75.7 Å². The van der Waals surface area contributed by atoms with Crippen LogP contribution in [0, 0.1) is 35.0 Å². The van der Waals surface area contributed by atoms with Gasteiger partial charge in [-0.25, -0.2) is 0 Å². The molecule has 3 rings (SSSR count). The van der Waals surface area contributed by atoms with E-state index in [1.165, 1.54) is 30.5 Å². The fourth-order valence-corrected chi connectivity index (χ4v) is 6.28. The van der Waals surface area contributed by atoms with Crippen molar-refractivity contribution in [2.75, 3.05) is 19.0 Å². The van der Waals surface area contributed by atoms with Crippen LogP contribution in [0.25, 0.3) is 0 Å². The lowest BCUT2D eigenvalue weighted by Crippen LogP contribution is -2.47. The van der Waals surface area contributed by atoms with Gasteiger partial charge in [-0.3, -0.25) is 4.79 Å². The quantitative estimate of drug-likeness (QED) is 0.619. The number of hydrogen-bond acceptors (Lipinski definition) is 2. The number of carbonyl (C=O) groups is 1. The number of fused-ring (bicyclic) bond motifs is 1. The van der Waals surface area contributed by atoms with Crippen molar-refractivity contribution < 1.29 is 4.79 Å². The largest absolute Gasteiger partial charge is 0.377 e. The van der Waals surface area contributed by atoms with E-state index in [1.807, 2.05) is 6.07 Å². The van der Waals surface area contributed by atoms with Gasteiger partial charge in [-0.2, -0.15) is 0 Å². The summed E-state index contributed by atoms with van der Waals surface area (Å²) in [6, 6.07) is 6.25. The van der Waals surface area contributed by atoms with E-state index in [1.54, 1.807) is 0 Å². The van der Waals surface area contributed by atoms with Gasteiger partial charge in [0.2, 0.25) is 0 Å². The lowest BCUT2D eigenvalue weighted by Gasteiger charge is -2.55. The third kappa shape index (κ3) is 3.32. The second-order valence-electron chi connectivity index (χ2n) is 10.2. The van der Waals surface area contributed by atoms with E-state index in [-0.39, 0.29) is 0 Å². The Kier molecular flexibility index (Phi) is 5.25. The van der Waals surface area contributed by atoms with Crippen molar-refractivity contribution in [2.45, 2.75) is 59.8 Å². The van der Waals surface area contributed by atoms with Crippen LogP contribution in [-0.4, -0.2) is 20.4 Å². The van der Waals surface area contributed by atoms with Crippen LogP contribution in [0.5, 0.6) is 0 Å². The Labute approximate surface area is 160 Å². The molecular weight excluding hydrogens is 318 g/mol. The van der Waals surface area contributed by atoms with Gasteiger partial charge >= 0.3 is 0 Å². The lowest BCUT2D eigenvalue weighted by atomic mass is 9.49. The Morgan fingerprint density at radius 2 is 1.77 bits per heavy atom. The number of anilines is 1. The van der Waals surface area contributed by atoms with Crippen molar-refractivity contribution in [3.8, 4) is 0 Å². The van der Waals surface area contributed by atoms with Crippen molar-refractivity contribution in [3.05, 3.63) is 29.3 Å². The van der Waals surface area contributed by atoms with Crippen LogP contribution in [-0.2, 0) is 0 Å². The summed E-state index contributed by atoms with van der Waals surface area (Å²) >= 11 is 0. The summed E-state index contributed by atoms with van der Waals surface area (Å²) in [7, 11) is 4.23. The highest BCUT2D eigenvalue weighted by Crippen LogP contribution is 2.59. The molecule has 6 atom stereocenters. The van der Waals surface area contributed by atoms with E-state index in [9.17, 15) is 4.79 Å². The topological polar surface area (TPSA) is 20.3 Å². The molecule has 0 amide bonds. The number of rotatable bonds is 3. The molecule has 1 aromatic rings. The number of nitrogens with zero attached hydrogens (tertiary/aromatic N) is 1. The molecule has 0 bridgehead atoms. The molecule has 1 aromatic carbocycles. The van der Waals surface area contributed by atoms with Crippen LogP contribution in [0.3, 0.4) is 0 Å². The van der Waals surface area contributed by atoms with Gasteiger partial charge in [-0.15, -0.1) is 0 Å². The molecule has 0 aromatic heterocycles. The van der Waals surface area contributed by atoms with Gasteiger partial charge in [0.1, 0.15) is 6.29 Å². The van der Waals surface area contributed by atoms with Crippen molar-refractivity contribution in [3.63, 3.8) is 0 Å². The minimum Gasteiger partial charge on any atom is -0.377 e. The monoisotopic (exact) mass is 355 g/mol. The molecule has 0 heterocycles. The normalized spacial score (nSPS) is 36.3. The maximum Gasteiger partial charge on any atom is 0.150 e. The highest BCUT2D eigenvalue weighted by atomic mass is 16.1. The SMILES string of the molecule is CC1CC2C(CC1c1cc(C=O)ccc1N(C)C)C(C)C(C)CC2(C)C. The Bertz CT molecular complexity index is 662. The zero-order chi connectivity index (χ0) is 19.2. The fourth-order valence-electron chi connectivity index (χ4n) is 6.28. The van der Waals surface area contributed by atoms with Gasteiger partial charge in [0.05, 0.1) is 0 Å². The minimum atomic E-state index is 0.449. The second-order valence-corrected chi connectivity index (χ2v) is 10.2. The van der Waals surface area contributed by atoms with E-state index in [0.717, 1.165) is 35.5 Å². The molecule has 0 saturated heterocycles. The molecule has 6 unspecified atom stereocenters. The number of aldehydes is 1. The Hall–Kier alpha value is -1.31. The van der Waals surface area contributed by atoms with Crippen molar-refractivity contribution in [2.24, 2.45) is 35.0 Å². The molecule has 2 nitrogen and oxygen atoms in total. The molecule has 2 aliphatic carbocycles. The third-order valence-electron chi connectivity index (χ3n) is 7.85. The first-order valence-electron chi connectivity index (χ1n) is 10.4. The molecule has 2 fully saturated rings. The molecule has 144 valence electrons. The van der Waals surface area contributed by atoms with E-state index in [0.29, 0.717) is 17.3 Å². The average Bonchev–Trinajstić information content (AvgIpc) is 2.58. The fraction of sp³-hybridized carbons (Fsp3) is 0.708. The second kappa shape index (κ2) is 7.02. The van der Waals surface area contributed by atoms with Gasteiger partial charge in [-0.05, 0) is 83.9 Å². The van der Waals surface area contributed by atoms with Crippen LogP contribution in [0.15, 0.2) is 18.2 Å². The predicted molar refractivity (Wildman–Crippen MR) is 111 cm³/mol. The van der Waals surface area contributed by atoms with Crippen LogP contribution < -0.4 is 4.90 Å². The van der Waals surface area contributed by atoms with Crippen molar-refractivity contribution >= 4 is 12.0 Å². The van der Waals surface area contributed by atoms with Crippen LogP contribution in [0.2, 0.25) is 0 Å². The molecule has 0 spiro atoms. The lowest BCUT2D eigenvalue weighted by molar-refractivity contribution is -0.0476. The summed E-state index contributed by atoms with van der Waals surface area (Å²) in [5.41, 5.74) is 3.92. The highest BCUT2D eigenvalue weighted by Gasteiger charge is 2.49. The van der Waals surface area contributed by atoms with Crippen molar-refractivity contribution in [1.82, 2.24) is 0 Å². The Morgan fingerprint density at radius 3 is 2.38 bits per heavy atom. The number of carbonyl (C=O) groups excluding carboxylic acids is 1. The summed E-state index contributed by atoms with van der Waals surface area (Å²) < 4.78 is 0. The van der Waals surface area contributed by atoms with Gasteiger partial charge < -0.3 is 4.90 Å². The Morgan fingerprint density at radius 1 is 1.08 bits per heavy atom. The van der Waals surface area contributed by atoms with Gasteiger partial charge in [0.15, 0.2) is 0 Å². The summed E-state index contributed by atoms with van der Waals surface area (Å²) in [5, 5.41) is 0. The molecule has 26 heavy (non-hydrogen) atoms. The molecule has 2 heteroatoms. The van der Waals surface area contributed by atoms with E-state index >= 15 is 0 Å². The summed E-state index contributed by atoms with van der Waals surface area (Å²) in [5.74, 6) is 4.44. The number of benzene rings is 1. The highest BCUT2D eigenvalue weighted by molar-refractivity contribution is 5.77. The maximum atomic E-state index is 11.4. The van der Waals surface area contributed by atoms with Gasteiger partial charge in [-0.1, -0.05) is 34.6 Å². The van der Waals surface area contributed by atoms with Gasteiger partial charge in [0.25, 0.3) is 0 Å². The first kappa shape index (κ1) is 19.5. The van der Waals surface area contributed by atoms with E-state index in [4.69, 9.17) is 0 Å². The standard InChI is InChI=1S/C24H37NO/c1-15-10-22-20(17(3)16(2)13-24(22,4)5)12-19(15)21-11-18(14-26)8-9-23(21)25(6)7/h8-9,11,14-17,19-20,22H,10,12-13H2,1-7H3. The molecular formula is C24H37NO. The van der Waals surface area contributed by atoms with E-state index in [2.05, 4.69) is 65.7 Å². The minimum absolute atomic E-state index is 0.449. The molecule has 0 radical (unpaired) electrons. The van der Waals surface area contributed by atoms with Gasteiger partial charge in [0, 0.05) is 25.3 Å². The van der Waals surface area contributed by atoms with Crippen LogP contribution >= 0.6 is 0 Å². The van der Waals surface area contributed by atoms with Crippen LogP contribution in [0.4, 0.5) is 5.69 Å². The molecule has 0 N–H and O–H groups in total. The number of hydrogen-bond donors (Lipinski definition) is 0. The zero-order valence-corrected chi connectivity index (χ0v) is 17.8. The summed E-state index contributed by atoms with van der Waals surface area (Å²) in [6.45, 7) is 12.4. The van der Waals surface area contributed by atoms with Crippen molar-refractivity contribution in [1.29, 1.82) is 0 Å². The Balaban J connectivity index is 1.99. The molecule has 2 aliphatic rings. The summed E-state index contributed by atoms with van der Waals surface area (Å²) in [4.78, 5) is 13.6.